The molecule has 1 atom stereocenters. The summed E-state index contributed by atoms with van der Waals surface area (Å²) in [6.45, 7) is 6.47. The van der Waals surface area contributed by atoms with Crippen LogP contribution in [-0.2, 0) is 4.74 Å². The third-order valence-corrected chi connectivity index (χ3v) is 3.19. The first-order valence-corrected chi connectivity index (χ1v) is 7.24. The number of rotatable bonds is 8. The van der Waals surface area contributed by atoms with E-state index in [1.165, 1.54) is 12.1 Å². The number of fused-ring (bicyclic) bond motifs is 1. The van der Waals surface area contributed by atoms with Crippen molar-refractivity contribution in [2.45, 2.75) is 32.7 Å². The van der Waals surface area contributed by atoms with Gasteiger partial charge < -0.3 is 14.5 Å². The molecular formula is C16H22FNO2. The van der Waals surface area contributed by atoms with E-state index < -0.39 is 0 Å². The molecule has 1 heterocycles. The van der Waals surface area contributed by atoms with Crippen molar-refractivity contribution in [3.63, 3.8) is 0 Å². The molecule has 0 bridgehead atoms. The Morgan fingerprint density at radius 3 is 2.85 bits per heavy atom. The van der Waals surface area contributed by atoms with Crippen molar-refractivity contribution in [2.24, 2.45) is 0 Å². The third-order valence-electron chi connectivity index (χ3n) is 3.19. The lowest BCUT2D eigenvalue weighted by Crippen LogP contribution is -2.22. The molecule has 0 aliphatic rings. The van der Waals surface area contributed by atoms with Crippen molar-refractivity contribution in [1.82, 2.24) is 5.32 Å². The average molecular weight is 279 g/mol. The zero-order valence-electron chi connectivity index (χ0n) is 12.1. The summed E-state index contributed by atoms with van der Waals surface area (Å²) in [5.41, 5.74) is 0.721. The molecule has 0 amide bonds. The number of nitrogens with one attached hydrogen (secondary N) is 1. The molecule has 1 aromatic heterocycles. The molecule has 1 N–H and O–H groups in total. The summed E-state index contributed by atoms with van der Waals surface area (Å²) < 4.78 is 24.5. The van der Waals surface area contributed by atoms with Gasteiger partial charge in [-0.1, -0.05) is 13.8 Å². The van der Waals surface area contributed by atoms with E-state index in [0.717, 1.165) is 42.7 Å². The van der Waals surface area contributed by atoms with Gasteiger partial charge in [0.1, 0.15) is 17.2 Å². The minimum Gasteiger partial charge on any atom is -0.459 e. The van der Waals surface area contributed by atoms with Gasteiger partial charge in [-0.15, -0.1) is 0 Å². The van der Waals surface area contributed by atoms with Crippen LogP contribution in [0.5, 0.6) is 0 Å². The van der Waals surface area contributed by atoms with E-state index in [-0.39, 0.29) is 11.9 Å². The fraction of sp³-hybridized carbons (Fsp3) is 0.500. The van der Waals surface area contributed by atoms with Crippen LogP contribution in [0.3, 0.4) is 0 Å². The lowest BCUT2D eigenvalue weighted by Gasteiger charge is -2.15. The van der Waals surface area contributed by atoms with Crippen molar-refractivity contribution in [3.05, 3.63) is 35.8 Å². The molecule has 0 radical (unpaired) electrons. The number of hydrogen-bond donors (Lipinski definition) is 1. The quantitative estimate of drug-likeness (QED) is 0.741. The summed E-state index contributed by atoms with van der Waals surface area (Å²) >= 11 is 0. The van der Waals surface area contributed by atoms with Crippen molar-refractivity contribution in [1.29, 1.82) is 0 Å². The van der Waals surface area contributed by atoms with Crippen LogP contribution in [0.2, 0.25) is 0 Å². The summed E-state index contributed by atoms with van der Waals surface area (Å²) in [5.74, 6) is 0.601. The van der Waals surface area contributed by atoms with E-state index >= 15 is 0 Å². The largest absolute Gasteiger partial charge is 0.459 e. The second-order valence-electron chi connectivity index (χ2n) is 4.84. The molecule has 0 aliphatic carbocycles. The van der Waals surface area contributed by atoms with Gasteiger partial charge in [-0.2, -0.15) is 0 Å². The Morgan fingerprint density at radius 2 is 2.10 bits per heavy atom. The van der Waals surface area contributed by atoms with Crippen LogP contribution in [0.25, 0.3) is 11.0 Å². The smallest absolute Gasteiger partial charge is 0.134 e. The fourth-order valence-electron chi connectivity index (χ4n) is 2.25. The van der Waals surface area contributed by atoms with Crippen LogP contribution < -0.4 is 5.32 Å². The maximum atomic E-state index is 13.2. The number of halogens is 1. The molecule has 2 aromatic rings. The second kappa shape index (κ2) is 7.41. The maximum absolute atomic E-state index is 13.2. The highest BCUT2D eigenvalue weighted by Gasteiger charge is 2.15. The molecule has 110 valence electrons. The van der Waals surface area contributed by atoms with Gasteiger partial charge in [0, 0.05) is 18.6 Å². The molecule has 4 heteroatoms. The number of furan rings is 1. The molecule has 2 rings (SSSR count). The Balaban J connectivity index is 2.09. The Morgan fingerprint density at radius 1 is 1.25 bits per heavy atom. The Hall–Kier alpha value is -1.39. The first kappa shape index (κ1) is 15.0. The number of ether oxygens (including phenoxy) is 1. The minimum absolute atomic E-state index is 0.104. The van der Waals surface area contributed by atoms with E-state index in [1.807, 2.05) is 6.07 Å². The molecule has 0 spiro atoms. The van der Waals surface area contributed by atoms with E-state index in [1.54, 1.807) is 6.07 Å². The minimum atomic E-state index is -0.240. The summed E-state index contributed by atoms with van der Waals surface area (Å²) in [7, 11) is 0. The van der Waals surface area contributed by atoms with E-state index in [0.29, 0.717) is 6.61 Å². The molecule has 1 unspecified atom stereocenters. The molecular weight excluding hydrogens is 257 g/mol. The highest BCUT2D eigenvalue weighted by Crippen LogP contribution is 2.26. The Labute approximate surface area is 119 Å². The van der Waals surface area contributed by atoms with E-state index in [4.69, 9.17) is 9.15 Å². The van der Waals surface area contributed by atoms with Gasteiger partial charge in [-0.3, -0.25) is 0 Å². The maximum Gasteiger partial charge on any atom is 0.134 e. The van der Waals surface area contributed by atoms with Crippen molar-refractivity contribution < 1.29 is 13.5 Å². The predicted molar refractivity (Wildman–Crippen MR) is 78.3 cm³/mol. The van der Waals surface area contributed by atoms with Crippen LogP contribution in [0.1, 0.15) is 38.5 Å². The van der Waals surface area contributed by atoms with Gasteiger partial charge in [0.2, 0.25) is 0 Å². The Bertz CT molecular complexity index is 538. The molecule has 1 aromatic carbocycles. The highest BCUT2D eigenvalue weighted by molar-refractivity contribution is 5.78. The third kappa shape index (κ3) is 3.81. The van der Waals surface area contributed by atoms with Gasteiger partial charge in [0.05, 0.1) is 6.04 Å². The topological polar surface area (TPSA) is 34.4 Å². The summed E-state index contributed by atoms with van der Waals surface area (Å²) in [4.78, 5) is 0. The molecule has 0 fully saturated rings. The zero-order valence-corrected chi connectivity index (χ0v) is 12.1. The van der Waals surface area contributed by atoms with Crippen molar-refractivity contribution >= 4 is 11.0 Å². The standard InChI is InChI=1S/C16H22FNO2/c1-3-8-19-9-7-14(18-4-2)16-11-12-10-13(17)5-6-15(12)20-16/h5-6,10-11,14,18H,3-4,7-9H2,1-2H3. The van der Waals surface area contributed by atoms with Gasteiger partial charge in [0.15, 0.2) is 0 Å². The first-order valence-electron chi connectivity index (χ1n) is 7.24. The van der Waals surface area contributed by atoms with E-state index in [9.17, 15) is 4.39 Å². The van der Waals surface area contributed by atoms with Gasteiger partial charge in [-0.05, 0) is 43.7 Å². The molecule has 0 saturated carbocycles. The fourth-order valence-corrected chi connectivity index (χ4v) is 2.25. The second-order valence-corrected chi connectivity index (χ2v) is 4.84. The lowest BCUT2D eigenvalue weighted by molar-refractivity contribution is 0.122. The highest BCUT2D eigenvalue weighted by atomic mass is 19.1. The zero-order chi connectivity index (χ0) is 14.4. The van der Waals surface area contributed by atoms with Crippen LogP contribution in [0.4, 0.5) is 4.39 Å². The van der Waals surface area contributed by atoms with E-state index in [2.05, 4.69) is 19.2 Å². The van der Waals surface area contributed by atoms with Crippen LogP contribution in [-0.4, -0.2) is 19.8 Å². The summed E-state index contributed by atoms with van der Waals surface area (Å²) in [6, 6.07) is 6.60. The van der Waals surface area contributed by atoms with Gasteiger partial charge in [-0.25, -0.2) is 4.39 Å². The Kier molecular flexibility index (Phi) is 5.56. The molecule has 3 nitrogen and oxygen atoms in total. The van der Waals surface area contributed by atoms with Crippen LogP contribution in [0, 0.1) is 5.82 Å². The van der Waals surface area contributed by atoms with Crippen molar-refractivity contribution in [3.8, 4) is 0 Å². The summed E-state index contributed by atoms with van der Waals surface area (Å²) in [6.07, 6.45) is 1.87. The van der Waals surface area contributed by atoms with Crippen molar-refractivity contribution in [2.75, 3.05) is 19.8 Å². The predicted octanol–water partition coefficient (Wildman–Crippen LogP) is 4.04. The first-order chi connectivity index (χ1) is 9.74. The molecule has 0 saturated heterocycles. The van der Waals surface area contributed by atoms with Gasteiger partial charge >= 0.3 is 0 Å². The monoisotopic (exact) mass is 279 g/mol. The normalized spacial score (nSPS) is 12.9. The van der Waals surface area contributed by atoms with Crippen LogP contribution in [0.15, 0.2) is 28.7 Å². The summed E-state index contributed by atoms with van der Waals surface area (Å²) in [5, 5.41) is 4.19. The van der Waals surface area contributed by atoms with Gasteiger partial charge in [0.25, 0.3) is 0 Å². The molecule has 0 aliphatic heterocycles. The average Bonchev–Trinajstić information content (AvgIpc) is 2.85. The number of hydrogen-bond acceptors (Lipinski definition) is 3. The SMILES string of the molecule is CCCOCCC(NCC)c1cc2cc(F)ccc2o1. The van der Waals surface area contributed by atoms with Crippen LogP contribution >= 0.6 is 0 Å². The lowest BCUT2D eigenvalue weighted by atomic mass is 10.1. The number of benzene rings is 1. The molecule has 20 heavy (non-hydrogen) atoms.